The van der Waals surface area contributed by atoms with Gasteiger partial charge in [0.15, 0.2) is 0 Å². The van der Waals surface area contributed by atoms with E-state index in [4.69, 9.17) is 4.74 Å². The normalized spacial score (nSPS) is 20.5. The van der Waals surface area contributed by atoms with E-state index in [1.165, 1.54) is 46.4 Å². The quantitative estimate of drug-likeness (QED) is 0.407. The molecule has 1 aliphatic heterocycles. The van der Waals surface area contributed by atoms with Gasteiger partial charge in [0.25, 0.3) is 5.69 Å². The van der Waals surface area contributed by atoms with Crippen LogP contribution in [0.3, 0.4) is 0 Å². The minimum atomic E-state index is -0.490. The van der Waals surface area contributed by atoms with Crippen LogP contribution in [0.15, 0.2) is 54.7 Å². The van der Waals surface area contributed by atoms with E-state index in [9.17, 15) is 14.9 Å². The second-order valence-electron chi connectivity index (χ2n) is 7.99. The molecule has 0 spiro atoms. The van der Waals surface area contributed by atoms with Crippen molar-refractivity contribution >= 4 is 28.1 Å². The number of likely N-dealkylation sites (N-methyl/N-ethyl adjacent to an activating group) is 1. The number of hydrogen-bond donors (Lipinski definition) is 1. The Morgan fingerprint density at radius 1 is 1.27 bits per heavy atom. The van der Waals surface area contributed by atoms with E-state index in [1.807, 2.05) is 0 Å². The molecule has 0 amide bonds. The summed E-state index contributed by atoms with van der Waals surface area (Å²) in [6, 6.07) is 12.1. The molecule has 1 aliphatic carbocycles. The first kappa shape index (κ1) is 18.6. The summed E-state index contributed by atoms with van der Waals surface area (Å²) in [5.74, 6) is -0.384. The number of non-ortho nitro benzene ring substituents is 1. The second-order valence-corrected chi connectivity index (χ2v) is 7.99. The van der Waals surface area contributed by atoms with Crippen LogP contribution in [0.2, 0.25) is 0 Å². The zero-order valence-electron chi connectivity index (χ0n) is 16.5. The topological polar surface area (TPSA) is 88.5 Å². The number of benzene rings is 2. The summed E-state index contributed by atoms with van der Waals surface area (Å²) in [6.45, 7) is 1.07. The maximum Gasteiger partial charge on any atom is 0.338 e. The smallest absolute Gasteiger partial charge is 0.338 e. The molecule has 2 aliphatic rings. The second kappa shape index (κ2) is 7.11. The van der Waals surface area contributed by atoms with E-state index in [2.05, 4.69) is 47.4 Å². The molecule has 2 aromatic carbocycles. The number of hydrogen-bond acceptors (Lipinski definition) is 5. The van der Waals surface area contributed by atoms with Gasteiger partial charge in [-0.2, -0.15) is 0 Å². The van der Waals surface area contributed by atoms with Gasteiger partial charge in [-0.25, -0.2) is 4.79 Å². The maximum absolute atomic E-state index is 12.4. The molecule has 0 radical (unpaired) electrons. The highest BCUT2D eigenvalue weighted by molar-refractivity contribution is 5.98. The fourth-order valence-electron chi connectivity index (χ4n) is 4.64. The van der Waals surface area contributed by atoms with Crippen LogP contribution < -0.4 is 0 Å². The van der Waals surface area contributed by atoms with Gasteiger partial charge in [0.2, 0.25) is 0 Å². The molecule has 0 unspecified atom stereocenters. The Labute approximate surface area is 173 Å². The first-order chi connectivity index (χ1) is 14.5. The van der Waals surface area contributed by atoms with Gasteiger partial charge < -0.3 is 9.72 Å². The molecule has 2 heterocycles. The monoisotopic (exact) mass is 403 g/mol. The van der Waals surface area contributed by atoms with Crippen LogP contribution >= 0.6 is 0 Å². The third-order valence-corrected chi connectivity index (χ3v) is 6.08. The first-order valence-electron chi connectivity index (χ1n) is 9.94. The van der Waals surface area contributed by atoms with Crippen LogP contribution in [-0.4, -0.2) is 47.0 Å². The number of nitrogens with zero attached hydrogens (tertiary/aromatic N) is 2. The average Bonchev–Trinajstić information content (AvgIpc) is 3.17. The summed E-state index contributed by atoms with van der Waals surface area (Å²) in [7, 11) is 2.11. The van der Waals surface area contributed by atoms with E-state index in [0.717, 1.165) is 18.5 Å². The molecule has 2 atom stereocenters. The number of nitrogens with one attached hydrogen (secondary N) is 1. The van der Waals surface area contributed by atoms with Crippen LogP contribution in [0, 0.1) is 16.0 Å². The fraction of sp³-hybridized carbons (Fsp3) is 0.261. The summed E-state index contributed by atoms with van der Waals surface area (Å²) >= 11 is 0. The molecule has 7 heteroatoms. The van der Waals surface area contributed by atoms with Crippen LogP contribution in [0.5, 0.6) is 0 Å². The van der Waals surface area contributed by atoms with Crippen molar-refractivity contribution in [3.63, 3.8) is 0 Å². The average molecular weight is 403 g/mol. The third kappa shape index (κ3) is 3.07. The van der Waals surface area contributed by atoms with Crippen molar-refractivity contribution in [2.45, 2.75) is 12.5 Å². The number of H-pyrrole nitrogens is 1. The van der Waals surface area contributed by atoms with Crippen molar-refractivity contribution in [3.05, 3.63) is 81.5 Å². The largest absolute Gasteiger partial charge is 0.461 e. The van der Waals surface area contributed by atoms with Gasteiger partial charge in [-0.3, -0.25) is 15.0 Å². The number of nitro groups is 1. The van der Waals surface area contributed by atoms with E-state index < -0.39 is 10.9 Å². The molecule has 0 fully saturated rings. The molecule has 1 N–H and O–H groups in total. The number of nitro benzene ring substituents is 1. The van der Waals surface area contributed by atoms with Crippen molar-refractivity contribution < 1.29 is 14.5 Å². The Hall–Kier alpha value is -3.45. The predicted molar refractivity (Wildman–Crippen MR) is 113 cm³/mol. The Bertz CT molecular complexity index is 1180. The van der Waals surface area contributed by atoms with E-state index >= 15 is 0 Å². The number of fused-ring (bicyclic) bond motifs is 2. The Morgan fingerprint density at radius 2 is 2.07 bits per heavy atom. The highest BCUT2D eigenvalue weighted by Crippen LogP contribution is 2.40. The lowest BCUT2D eigenvalue weighted by Crippen LogP contribution is -2.43. The summed E-state index contributed by atoms with van der Waals surface area (Å²) in [6.07, 6.45) is 5.32. The molecule has 3 aromatic rings. The number of carbonyl (C=O) groups excluding carboxylic acids is 1. The highest BCUT2D eigenvalue weighted by Gasteiger charge is 2.33. The number of aromatic amines is 1. The molecule has 0 bridgehead atoms. The zero-order chi connectivity index (χ0) is 20.8. The molecule has 152 valence electrons. The van der Waals surface area contributed by atoms with Gasteiger partial charge >= 0.3 is 5.97 Å². The SMILES string of the molecule is CN1C[C@H](COC(=O)c2ccc([N+](=O)[O-])cc2)C=C2c3cccc4[nH]cc(c34)C[C@H]21. The summed E-state index contributed by atoms with van der Waals surface area (Å²) in [5.41, 5.74) is 5.30. The lowest BCUT2D eigenvalue weighted by molar-refractivity contribution is -0.384. The Kier molecular flexibility index (Phi) is 4.40. The molecular weight excluding hydrogens is 382 g/mol. The summed E-state index contributed by atoms with van der Waals surface area (Å²) in [4.78, 5) is 28.4. The minimum Gasteiger partial charge on any atom is -0.461 e. The minimum absolute atomic E-state index is 0.0492. The fourth-order valence-corrected chi connectivity index (χ4v) is 4.64. The van der Waals surface area contributed by atoms with E-state index in [-0.39, 0.29) is 18.2 Å². The van der Waals surface area contributed by atoms with Crippen molar-refractivity contribution in [1.82, 2.24) is 9.88 Å². The van der Waals surface area contributed by atoms with Crippen LogP contribution in [-0.2, 0) is 11.2 Å². The standard InChI is InChI=1S/C23H21N3O4/c1-25-12-14(13-30-23(27)15-5-7-17(8-6-15)26(28)29)9-19-18-3-2-4-20-22(18)16(11-24-20)10-21(19)25/h2-9,11,14,21,24H,10,12-13H2,1H3/t14-,21-/m1/s1. The molecule has 1 aromatic heterocycles. The molecule has 5 rings (SSSR count). The maximum atomic E-state index is 12.4. The summed E-state index contributed by atoms with van der Waals surface area (Å²) < 4.78 is 5.54. The van der Waals surface area contributed by atoms with Crippen molar-refractivity contribution in [1.29, 1.82) is 0 Å². The number of aromatic nitrogens is 1. The number of rotatable bonds is 4. The van der Waals surface area contributed by atoms with E-state index in [0.29, 0.717) is 11.6 Å². The van der Waals surface area contributed by atoms with Gasteiger partial charge in [0.1, 0.15) is 0 Å². The van der Waals surface area contributed by atoms with Crippen molar-refractivity contribution in [3.8, 4) is 0 Å². The molecule has 0 saturated carbocycles. The van der Waals surface area contributed by atoms with Crippen molar-refractivity contribution in [2.75, 3.05) is 20.2 Å². The van der Waals surface area contributed by atoms with Crippen LogP contribution in [0.4, 0.5) is 5.69 Å². The molecular formula is C23H21N3O4. The predicted octanol–water partition coefficient (Wildman–Crippen LogP) is 3.80. The van der Waals surface area contributed by atoms with Gasteiger partial charge in [-0.05, 0) is 48.4 Å². The van der Waals surface area contributed by atoms with E-state index in [1.54, 1.807) is 0 Å². The van der Waals surface area contributed by atoms with Gasteiger partial charge in [0, 0.05) is 47.7 Å². The Balaban J connectivity index is 1.36. The first-order valence-corrected chi connectivity index (χ1v) is 9.94. The molecule has 7 nitrogen and oxygen atoms in total. The van der Waals surface area contributed by atoms with Gasteiger partial charge in [-0.1, -0.05) is 18.2 Å². The molecule has 30 heavy (non-hydrogen) atoms. The van der Waals surface area contributed by atoms with Crippen LogP contribution in [0.25, 0.3) is 16.5 Å². The van der Waals surface area contributed by atoms with Gasteiger partial charge in [0.05, 0.1) is 17.1 Å². The number of carbonyl (C=O) groups is 1. The number of esters is 1. The van der Waals surface area contributed by atoms with Gasteiger partial charge in [-0.15, -0.1) is 0 Å². The summed E-state index contributed by atoms with van der Waals surface area (Å²) in [5, 5.41) is 12.1. The third-order valence-electron chi connectivity index (χ3n) is 6.08. The number of ether oxygens (including phenoxy) is 1. The Morgan fingerprint density at radius 3 is 2.83 bits per heavy atom. The molecule has 0 saturated heterocycles. The highest BCUT2D eigenvalue weighted by atomic mass is 16.6. The lowest BCUT2D eigenvalue weighted by Gasteiger charge is -2.39. The lowest BCUT2D eigenvalue weighted by atomic mass is 9.80. The van der Waals surface area contributed by atoms with Crippen molar-refractivity contribution in [2.24, 2.45) is 5.92 Å². The van der Waals surface area contributed by atoms with Crippen LogP contribution in [0.1, 0.15) is 21.5 Å². The zero-order valence-corrected chi connectivity index (χ0v) is 16.5.